The maximum atomic E-state index is 13.4. The van der Waals surface area contributed by atoms with Gasteiger partial charge in [-0.25, -0.2) is 13.2 Å². The zero-order chi connectivity index (χ0) is 13.8. The van der Waals surface area contributed by atoms with Crippen LogP contribution in [0.25, 0.3) is 0 Å². The summed E-state index contributed by atoms with van der Waals surface area (Å²) in [6, 6.07) is 8.69. The van der Waals surface area contributed by atoms with Gasteiger partial charge in [-0.05, 0) is 42.5 Å². The van der Waals surface area contributed by atoms with Gasteiger partial charge in [0.05, 0.1) is 6.10 Å². The molecular weight excluding hydrogens is 273 g/mol. The average Bonchev–Trinajstić information content (AvgIpc) is 2.40. The summed E-state index contributed by atoms with van der Waals surface area (Å²) in [4.78, 5) is 0.747. The summed E-state index contributed by atoms with van der Waals surface area (Å²) in [5.74, 6) is -1.43. The van der Waals surface area contributed by atoms with Gasteiger partial charge in [-0.1, -0.05) is 0 Å². The smallest absolute Gasteiger partial charge is 0.129 e. The van der Waals surface area contributed by atoms with E-state index >= 15 is 0 Å². The van der Waals surface area contributed by atoms with Crippen molar-refractivity contribution < 1.29 is 18.3 Å². The molecule has 0 heterocycles. The third kappa shape index (κ3) is 3.75. The summed E-state index contributed by atoms with van der Waals surface area (Å²) in [5.41, 5.74) is -0.0744. The highest BCUT2D eigenvalue weighted by atomic mass is 32.2. The molecule has 2 rings (SSSR count). The van der Waals surface area contributed by atoms with E-state index in [4.69, 9.17) is 0 Å². The molecule has 0 bridgehead atoms. The molecule has 0 saturated carbocycles. The molecule has 1 N–H and O–H groups in total. The molecule has 19 heavy (non-hydrogen) atoms. The van der Waals surface area contributed by atoms with Gasteiger partial charge in [0.15, 0.2) is 0 Å². The first-order valence-corrected chi connectivity index (χ1v) is 6.56. The number of halogens is 3. The van der Waals surface area contributed by atoms with Gasteiger partial charge in [0.2, 0.25) is 0 Å². The van der Waals surface area contributed by atoms with E-state index in [0.29, 0.717) is 0 Å². The van der Waals surface area contributed by atoms with E-state index in [1.54, 1.807) is 12.1 Å². The lowest BCUT2D eigenvalue weighted by atomic mass is 10.1. The zero-order valence-corrected chi connectivity index (χ0v) is 10.6. The molecule has 0 spiro atoms. The van der Waals surface area contributed by atoms with Crippen molar-refractivity contribution in [1.29, 1.82) is 0 Å². The molecule has 2 aromatic carbocycles. The molecule has 0 aliphatic carbocycles. The van der Waals surface area contributed by atoms with Crippen molar-refractivity contribution in [3.8, 4) is 0 Å². The molecule has 1 nitrogen and oxygen atoms in total. The molecule has 5 heteroatoms. The van der Waals surface area contributed by atoms with Gasteiger partial charge in [0.1, 0.15) is 17.5 Å². The Bertz CT molecular complexity index is 557. The van der Waals surface area contributed by atoms with E-state index in [2.05, 4.69) is 0 Å². The number of hydrogen-bond acceptors (Lipinski definition) is 2. The van der Waals surface area contributed by atoms with E-state index in [-0.39, 0.29) is 17.1 Å². The van der Waals surface area contributed by atoms with Crippen LogP contribution in [-0.2, 0) is 0 Å². The third-order valence-corrected chi connectivity index (χ3v) is 3.63. The maximum absolute atomic E-state index is 13.4. The minimum absolute atomic E-state index is 0.0744. The Hall–Kier alpha value is -1.46. The van der Waals surface area contributed by atoms with Crippen molar-refractivity contribution in [3.63, 3.8) is 0 Å². The van der Waals surface area contributed by atoms with Crippen molar-refractivity contribution >= 4 is 11.8 Å². The second-order valence-electron chi connectivity index (χ2n) is 3.95. The minimum atomic E-state index is -1.12. The second-order valence-corrected chi connectivity index (χ2v) is 5.04. The summed E-state index contributed by atoms with van der Waals surface area (Å²) >= 11 is 1.24. The monoisotopic (exact) mass is 284 g/mol. The summed E-state index contributed by atoms with van der Waals surface area (Å²) < 4.78 is 39.1. The number of aliphatic hydroxyl groups is 1. The van der Waals surface area contributed by atoms with Crippen LogP contribution >= 0.6 is 11.8 Å². The molecular formula is C14H11F3OS. The third-order valence-electron chi connectivity index (χ3n) is 2.54. The van der Waals surface area contributed by atoms with E-state index in [1.165, 1.54) is 23.9 Å². The van der Waals surface area contributed by atoms with Crippen molar-refractivity contribution in [2.45, 2.75) is 11.0 Å². The van der Waals surface area contributed by atoms with E-state index in [9.17, 15) is 18.3 Å². The van der Waals surface area contributed by atoms with Gasteiger partial charge in [0, 0.05) is 16.2 Å². The molecule has 1 unspecified atom stereocenters. The van der Waals surface area contributed by atoms with E-state index in [0.717, 1.165) is 23.1 Å². The molecule has 0 aliphatic rings. The van der Waals surface area contributed by atoms with Crippen LogP contribution < -0.4 is 0 Å². The van der Waals surface area contributed by atoms with Crippen LogP contribution in [0.2, 0.25) is 0 Å². The number of thioether (sulfide) groups is 1. The second kappa shape index (κ2) is 6.12. The molecule has 2 aromatic rings. The van der Waals surface area contributed by atoms with Gasteiger partial charge in [-0.15, -0.1) is 11.8 Å². The molecule has 0 amide bonds. The summed E-state index contributed by atoms with van der Waals surface area (Å²) in [7, 11) is 0. The number of hydrogen-bond donors (Lipinski definition) is 1. The maximum Gasteiger partial charge on any atom is 0.129 e. The fourth-order valence-corrected chi connectivity index (χ4v) is 2.42. The lowest BCUT2D eigenvalue weighted by molar-refractivity contribution is 0.198. The van der Waals surface area contributed by atoms with Crippen LogP contribution in [0, 0.1) is 17.5 Å². The van der Waals surface area contributed by atoms with Crippen molar-refractivity contribution in [1.82, 2.24) is 0 Å². The highest BCUT2D eigenvalue weighted by Gasteiger charge is 2.14. The normalized spacial score (nSPS) is 12.4. The molecule has 0 saturated heterocycles. The lowest BCUT2D eigenvalue weighted by Gasteiger charge is -2.11. The largest absolute Gasteiger partial charge is 0.387 e. The van der Waals surface area contributed by atoms with Crippen LogP contribution in [0.4, 0.5) is 13.2 Å². The summed E-state index contributed by atoms with van der Waals surface area (Å²) in [6.07, 6.45) is -1.12. The first kappa shape index (κ1) is 14.0. The molecule has 1 atom stereocenters. The first-order chi connectivity index (χ1) is 9.06. The Labute approximate surface area is 113 Å². The SMILES string of the molecule is OC(CSc1ccc(F)cc1)c1cc(F)ccc1F. The van der Waals surface area contributed by atoms with Gasteiger partial charge >= 0.3 is 0 Å². The standard InChI is InChI=1S/C14H11F3OS/c15-9-1-4-11(5-2-9)19-8-14(18)12-7-10(16)3-6-13(12)17/h1-7,14,18H,8H2. The van der Waals surface area contributed by atoms with Gasteiger partial charge in [0.25, 0.3) is 0 Å². The average molecular weight is 284 g/mol. The minimum Gasteiger partial charge on any atom is -0.387 e. The highest BCUT2D eigenvalue weighted by Crippen LogP contribution is 2.26. The van der Waals surface area contributed by atoms with Crippen LogP contribution in [0.1, 0.15) is 11.7 Å². The predicted octanol–water partition coefficient (Wildman–Crippen LogP) is 3.93. The fraction of sp³-hybridized carbons (Fsp3) is 0.143. The van der Waals surface area contributed by atoms with Crippen molar-refractivity contribution in [2.24, 2.45) is 0 Å². The first-order valence-electron chi connectivity index (χ1n) is 5.57. The molecule has 0 fully saturated rings. The van der Waals surface area contributed by atoms with E-state index in [1.807, 2.05) is 0 Å². The van der Waals surface area contributed by atoms with Gasteiger partial charge < -0.3 is 5.11 Å². The Morgan fingerprint density at radius 2 is 1.58 bits per heavy atom. The topological polar surface area (TPSA) is 20.2 Å². The number of aliphatic hydroxyl groups excluding tert-OH is 1. The lowest BCUT2D eigenvalue weighted by Crippen LogP contribution is -2.04. The van der Waals surface area contributed by atoms with Crippen LogP contribution in [0.3, 0.4) is 0 Å². The number of rotatable bonds is 4. The highest BCUT2D eigenvalue weighted by molar-refractivity contribution is 7.99. The van der Waals surface area contributed by atoms with Crippen LogP contribution in [0.15, 0.2) is 47.4 Å². The van der Waals surface area contributed by atoms with Gasteiger partial charge in [-0.3, -0.25) is 0 Å². The molecule has 0 radical (unpaired) electrons. The van der Waals surface area contributed by atoms with E-state index < -0.39 is 17.7 Å². The molecule has 0 aromatic heterocycles. The Balaban J connectivity index is 2.03. The Morgan fingerprint density at radius 3 is 2.26 bits per heavy atom. The van der Waals surface area contributed by atoms with Crippen molar-refractivity contribution in [2.75, 3.05) is 5.75 Å². The van der Waals surface area contributed by atoms with Crippen molar-refractivity contribution in [3.05, 3.63) is 65.5 Å². The fourth-order valence-electron chi connectivity index (χ4n) is 1.57. The molecule has 0 aliphatic heterocycles. The number of benzene rings is 2. The quantitative estimate of drug-likeness (QED) is 0.858. The van der Waals surface area contributed by atoms with Crippen LogP contribution in [0.5, 0.6) is 0 Å². The Morgan fingerprint density at radius 1 is 0.947 bits per heavy atom. The van der Waals surface area contributed by atoms with Crippen LogP contribution in [-0.4, -0.2) is 10.9 Å². The summed E-state index contributed by atoms with van der Waals surface area (Å²) in [5, 5.41) is 9.84. The summed E-state index contributed by atoms with van der Waals surface area (Å²) in [6.45, 7) is 0. The predicted molar refractivity (Wildman–Crippen MR) is 68.4 cm³/mol. The van der Waals surface area contributed by atoms with Gasteiger partial charge in [-0.2, -0.15) is 0 Å². The zero-order valence-electron chi connectivity index (χ0n) is 9.82. The molecule has 100 valence electrons. The Kier molecular flexibility index (Phi) is 4.50.